The molecule has 3 rings (SSSR count). The summed E-state index contributed by atoms with van der Waals surface area (Å²) in [5.41, 5.74) is 0.0954. The average Bonchev–Trinajstić information content (AvgIpc) is 3.05. The van der Waals surface area contributed by atoms with Gasteiger partial charge in [-0.2, -0.15) is 0 Å². The summed E-state index contributed by atoms with van der Waals surface area (Å²) in [5.74, 6) is -0.979. The largest absolute Gasteiger partial charge is 0.458 e. The Hall–Kier alpha value is -2.59. The summed E-state index contributed by atoms with van der Waals surface area (Å²) in [6.45, 7) is 2.84. The van der Waals surface area contributed by atoms with E-state index in [2.05, 4.69) is 14.8 Å². The topological polar surface area (TPSA) is 117 Å². The SMILES string of the molecule is Cc1noc(C)c1S(=O)(=O)n1c(Oc2ccc(Cl)cc2)noc1=O. The first-order valence-corrected chi connectivity index (χ1v) is 8.33. The summed E-state index contributed by atoms with van der Waals surface area (Å²) in [6.07, 6.45) is 0. The highest BCUT2D eigenvalue weighted by molar-refractivity contribution is 7.90. The number of rotatable bonds is 4. The van der Waals surface area contributed by atoms with E-state index in [-0.39, 0.29) is 22.1 Å². The lowest BCUT2D eigenvalue weighted by atomic mass is 10.3. The molecule has 126 valence electrons. The molecule has 0 unspecified atom stereocenters. The molecule has 0 saturated heterocycles. The summed E-state index contributed by atoms with van der Waals surface area (Å²) in [4.78, 5) is 11.6. The van der Waals surface area contributed by atoms with E-state index in [1.54, 1.807) is 0 Å². The molecule has 0 aliphatic rings. The molecule has 1 aromatic carbocycles. The van der Waals surface area contributed by atoms with Gasteiger partial charge in [-0.05, 0) is 43.3 Å². The van der Waals surface area contributed by atoms with Crippen molar-refractivity contribution in [2.75, 3.05) is 0 Å². The first-order chi connectivity index (χ1) is 11.3. The number of hydrogen-bond acceptors (Lipinski definition) is 8. The second kappa shape index (κ2) is 5.80. The zero-order chi connectivity index (χ0) is 17.5. The lowest BCUT2D eigenvalue weighted by Gasteiger charge is -2.06. The highest BCUT2D eigenvalue weighted by atomic mass is 35.5. The molecule has 0 bridgehead atoms. The van der Waals surface area contributed by atoms with Crippen LogP contribution in [-0.4, -0.2) is 22.7 Å². The van der Waals surface area contributed by atoms with Crippen LogP contribution in [-0.2, 0) is 10.0 Å². The third-order valence-electron chi connectivity index (χ3n) is 3.03. The van der Waals surface area contributed by atoms with Crippen molar-refractivity contribution in [1.29, 1.82) is 0 Å². The van der Waals surface area contributed by atoms with Gasteiger partial charge < -0.3 is 9.26 Å². The van der Waals surface area contributed by atoms with Crippen molar-refractivity contribution in [3.05, 3.63) is 51.3 Å². The zero-order valence-electron chi connectivity index (χ0n) is 12.4. The molecule has 2 heterocycles. The van der Waals surface area contributed by atoms with Crippen molar-refractivity contribution in [2.24, 2.45) is 0 Å². The van der Waals surface area contributed by atoms with E-state index < -0.39 is 21.8 Å². The van der Waals surface area contributed by atoms with Crippen LogP contribution in [0.5, 0.6) is 11.8 Å². The van der Waals surface area contributed by atoms with Crippen molar-refractivity contribution in [1.82, 2.24) is 14.3 Å². The van der Waals surface area contributed by atoms with E-state index in [9.17, 15) is 13.2 Å². The van der Waals surface area contributed by atoms with Gasteiger partial charge in [0, 0.05) is 5.02 Å². The van der Waals surface area contributed by atoms with Crippen LogP contribution in [0, 0.1) is 13.8 Å². The van der Waals surface area contributed by atoms with Crippen LogP contribution < -0.4 is 10.5 Å². The van der Waals surface area contributed by atoms with E-state index >= 15 is 0 Å². The van der Waals surface area contributed by atoms with E-state index in [1.165, 1.54) is 38.1 Å². The first-order valence-electron chi connectivity index (χ1n) is 6.51. The number of ether oxygens (including phenoxy) is 1. The molecule has 0 N–H and O–H groups in total. The Labute approximate surface area is 140 Å². The van der Waals surface area contributed by atoms with Gasteiger partial charge in [-0.1, -0.05) is 16.8 Å². The van der Waals surface area contributed by atoms with Crippen molar-refractivity contribution < 1.29 is 22.2 Å². The van der Waals surface area contributed by atoms with Crippen LogP contribution in [0.2, 0.25) is 5.02 Å². The number of halogens is 1. The smallest absolute Gasteiger partial charge is 0.423 e. The lowest BCUT2D eigenvalue weighted by molar-refractivity contribution is 0.351. The molecular weight excluding hydrogens is 362 g/mol. The Kier molecular flexibility index (Phi) is 3.93. The number of hydrogen-bond donors (Lipinski definition) is 0. The molecule has 0 saturated carbocycles. The number of nitrogens with zero attached hydrogens (tertiary/aromatic N) is 3. The van der Waals surface area contributed by atoms with E-state index in [4.69, 9.17) is 20.9 Å². The fraction of sp³-hybridized carbons (Fsp3) is 0.154. The van der Waals surface area contributed by atoms with Gasteiger partial charge in [-0.25, -0.2) is 13.2 Å². The van der Waals surface area contributed by atoms with Crippen LogP contribution in [0.1, 0.15) is 11.5 Å². The predicted molar refractivity (Wildman–Crippen MR) is 80.8 cm³/mol. The van der Waals surface area contributed by atoms with Crippen LogP contribution in [0.25, 0.3) is 0 Å². The number of aromatic nitrogens is 3. The van der Waals surface area contributed by atoms with Gasteiger partial charge in [0.05, 0.1) is 0 Å². The van der Waals surface area contributed by atoms with Gasteiger partial charge in [0.2, 0.25) is 0 Å². The predicted octanol–water partition coefficient (Wildman–Crippen LogP) is 2.12. The molecule has 0 fully saturated rings. The molecule has 0 aliphatic carbocycles. The van der Waals surface area contributed by atoms with Crippen LogP contribution in [0.4, 0.5) is 0 Å². The fourth-order valence-electron chi connectivity index (χ4n) is 2.03. The molecule has 11 heteroatoms. The minimum absolute atomic E-state index is 0.0260. The summed E-state index contributed by atoms with van der Waals surface area (Å²) in [6, 6.07) is 5.47. The van der Waals surface area contributed by atoms with E-state index in [0.717, 1.165) is 0 Å². The maximum absolute atomic E-state index is 12.7. The summed E-state index contributed by atoms with van der Waals surface area (Å²) >= 11 is 5.77. The molecule has 9 nitrogen and oxygen atoms in total. The Morgan fingerprint density at radius 1 is 1.12 bits per heavy atom. The third kappa shape index (κ3) is 2.69. The van der Waals surface area contributed by atoms with Gasteiger partial charge in [-0.3, -0.25) is 4.52 Å². The quantitative estimate of drug-likeness (QED) is 0.684. The number of benzene rings is 1. The highest BCUT2D eigenvalue weighted by Crippen LogP contribution is 2.26. The summed E-state index contributed by atoms with van der Waals surface area (Å²) in [7, 11) is -4.36. The van der Waals surface area contributed by atoms with Crippen molar-refractivity contribution in [3.63, 3.8) is 0 Å². The molecule has 2 aromatic heterocycles. The second-order valence-electron chi connectivity index (χ2n) is 4.71. The standard InChI is InChI=1S/C13H10ClN3O6S/c1-7-11(8(2)22-15-7)24(19,20)17-12(16-23-13(17)18)21-10-5-3-9(14)4-6-10/h3-6H,1-2H3. The van der Waals surface area contributed by atoms with Crippen molar-refractivity contribution in [2.45, 2.75) is 18.7 Å². The summed E-state index contributed by atoms with van der Waals surface area (Å²) < 4.78 is 40.4. The van der Waals surface area contributed by atoms with E-state index in [1.807, 2.05) is 0 Å². The van der Waals surface area contributed by atoms with Crippen molar-refractivity contribution in [3.8, 4) is 11.8 Å². The van der Waals surface area contributed by atoms with Gasteiger partial charge in [0.1, 0.15) is 11.4 Å². The molecule has 0 radical (unpaired) electrons. The fourth-order valence-corrected chi connectivity index (χ4v) is 3.66. The highest BCUT2D eigenvalue weighted by Gasteiger charge is 2.32. The minimum Gasteiger partial charge on any atom is -0.423 e. The molecule has 24 heavy (non-hydrogen) atoms. The molecule has 0 amide bonds. The van der Waals surface area contributed by atoms with Gasteiger partial charge in [0.15, 0.2) is 10.7 Å². The van der Waals surface area contributed by atoms with Crippen LogP contribution >= 0.6 is 11.6 Å². The van der Waals surface area contributed by atoms with Crippen LogP contribution in [0.3, 0.4) is 0 Å². The zero-order valence-corrected chi connectivity index (χ0v) is 14.0. The Balaban J connectivity index is 2.11. The average molecular weight is 372 g/mol. The normalized spacial score (nSPS) is 11.6. The first kappa shape index (κ1) is 16.3. The van der Waals surface area contributed by atoms with Gasteiger partial charge >= 0.3 is 11.8 Å². The molecular formula is C13H10ClN3O6S. The molecule has 0 aliphatic heterocycles. The molecule has 0 spiro atoms. The maximum Gasteiger partial charge on any atom is 0.458 e. The second-order valence-corrected chi connectivity index (χ2v) is 6.87. The van der Waals surface area contributed by atoms with Gasteiger partial charge in [-0.15, -0.1) is 3.97 Å². The molecule has 0 atom stereocenters. The van der Waals surface area contributed by atoms with Gasteiger partial charge in [0.25, 0.3) is 10.0 Å². The Bertz CT molecular complexity index is 1030. The van der Waals surface area contributed by atoms with Crippen molar-refractivity contribution >= 4 is 21.6 Å². The van der Waals surface area contributed by atoms with E-state index in [0.29, 0.717) is 9.00 Å². The van der Waals surface area contributed by atoms with Crippen LogP contribution in [0.15, 0.2) is 43.0 Å². The maximum atomic E-state index is 12.7. The third-order valence-corrected chi connectivity index (χ3v) is 5.17. The molecule has 3 aromatic rings. The minimum atomic E-state index is -4.36. The number of aryl methyl sites for hydroxylation is 2. The Morgan fingerprint density at radius 3 is 2.38 bits per heavy atom. The monoisotopic (exact) mass is 371 g/mol. The summed E-state index contributed by atoms with van der Waals surface area (Å²) in [5, 5.41) is 7.39. The lowest BCUT2D eigenvalue weighted by Crippen LogP contribution is -2.25. The Morgan fingerprint density at radius 2 is 1.79 bits per heavy atom.